The molecule has 0 aliphatic carbocycles. The third-order valence-corrected chi connectivity index (χ3v) is 3.02. The summed E-state index contributed by atoms with van der Waals surface area (Å²) in [4.78, 5) is 28.1. The molecule has 0 unspecified atom stereocenters. The van der Waals surface area contributed by atoms with Gasteiger partial charge < -0.3 is 9.72 Å². The first kappa shape index (κ1) is 10.1. The largest absolute Gasteiger partial charge is 0.376 e. The van der Waals surface area contributed by atoms with Crippen molar-refractivity contribution in [2.75, 3.05) is 6.61 Å². The highest BCUT2D eigenvalue weighted by atomic mass is 32.1. The lowest BCUT2D eigenvalue weighted by Crippen LogP contribution is -2.20. The lowest BCUT2D eigenvalue weighted by Gasteiger charge is -1.94. The molecule has 2 heterocycles. The van der Waals surface area contributed by atoms with E-state index in [4.69, 9.17) is 4.74 Å². The van der Waals surface area contributed by atoms with E-state index in [0.29, 0.717) is 23.4 Å². The van der Waals surface area contributed by atoms with Gasteiger partial charge in [-0.3, -0.25) is 9.78 Å². The Labute approximate surface area is 88.7 Å². The second kappa shape index (κ2) is 4.00. The van der Waals surface area contributed by atoms with E-state index in [1.807, 2.05) is 6.92 Å². The van der Waals surface area contributed by atoms with Crippen LogP contribution in [0.25, 0.3) is 10.2 Å². The van der Waals surface area contributed by atoms with Crippen molar-refractivity contribution >= 4 is 21.6 Å². The number of hydrogen-bond acceptors (Lipinski definition) is 4. The van der Waals surface area contributed by atoms with Crippen molar-refractivity contribution in [3.63, 3.8) is 0 Å². The third-order valence-electron chi connectivity index (χ3n) is 1.91. The number of fused-ring (bicyclic) bond motifs is 1. The van der Waals surface area contributed by atoms with Gasteiger partial charge in [0.1, 0.15) is 4.70 Å². The van der Waals surface area contributed by atoms with Gasteiger partial charge in [0.15, 0.2) is 0 Å². The quantitative estimate of drug-likeness (QED) is 0.813. The number of rotatable bonds is 3. The molecular formula is C9H10N2O3S. The van der Waals surface area contributed by atoms with Gasteiger partial charge in [-0.15, -0.1) is 11.3 Å². The van der Waals surface area contributed by atoms with Gasteiger partial charge in [-0.05, 0) is 13.0 Å². The maximum Gasteiger partial charge on any atom is 0.326 e. The molecule has 2 rings (SSSR count). The molecule has 2 aromatic heterocycles. The van der Waals surface area contributed by atoms with Crippen LogP contribution in [-0.2, 0) is 11.3 Å². The molecule has 0 saturated carbocycles. The Kier molecular flexibility index (Phi) is 2.70. The standard InChI is InChI=1S/C9H10N2O3S/c1-2-14-4-5-3-6-7(15-5)8(12)11-9(13)10-6/h3H,2,4H2,1H3,(H2,10,11,12,13). The summed E-state index contributed by atoms with van der Waals surface area (Å²) in [5, 5.41) is 0. The summed E-state index contributed by atoms with van der Waals surface area (Å²) in [5.74, 6) is 0. The molecule has 0 aliphatic rings. The Balaban J connectivity index is 2.51. The summed E-state index contributed by atoms with van der Waals surface area (Å²) in [5.41, 5.74) is -0.252. The molecule has 2 aromatic rings. The minimum absolute atomic E-state index is 0.346. The number of thiophene rings is 1. The van der Waals surface area contributed by atoms with Crippen LogP contribution in [0.3, 0.4) is 0 Å². The van der Waals surface area contributed by atoms with Crippen molar-refractivity contribution in [2.24, 2.45) is 0 Å². The molecule has 0 fully saturated rings. The molecule has 80 valence electrons. The van der Waals surface area contributed by atoms with Crippen LogP contribution in [0.2, 0.25) is 0 Å². The molecule has 0 atom stereocenters. The smallest absolute Gasteiger partial charge is 0.326 e. The fraction of sp³-hybridized carbons (Fsp3) is 0.333. The molecule has 15 heavy (non-hydrogen) atoms. The number of aromatic amines is 2. The Bertz CT molecular complexity index is 581. The van der Waals surface area contributed by atoms with E-state index in [2.05, 4.69) is 9.97 Å². The second-order valence-electron chi connectivity index (χ2n) is 3.00. The summed E-state index contributed by atoms with van der Waals surface area (Å²) in [6, 6.07) is 1.77. The van der Waals surface area contributed by atoms with Crippen molar-refractivity contribution in [2.45, 2.75) is 13.5 Å². The summed E-state index contributed by atoms with van der Waals surface area (Å²) in [6.45, 7) is 3.00. The average molecular weight is 226 g/mol. The summed E-state index contributed by atoms with van der Waals surface area (Å²) < 4.78 is 5.76. The van der Waals surface area contributed by atoms with E-state index in [-0.39, 0.29) is 5.56 Å². The Hall–Kier alpha value is -1.40. The molecule has 0 radical (unpaired) electrons. The van der Waals surface area contributed by atoms with Crippen LogP contribution in [-0.4, -0.2) is 16.6 Å². The minimum atomic E-state index is -0.478. The molecule has 0 aromatic carbocycles. The van der Waals surface area contributed by atoms with Crippen LogP contribution in [0.4, 0.5) is 0 Å². The predicted octanol–water partition coefficient (Wildman–Crippen LogP) is 0.814. The summed E-state index contributed by atoms with van der Waals surface area (Å²) >= 11 is 1.33. The highest BCUT2D eigenvalue weighted by molar-refractivity contribution is 7.18. The monoisotopic (exact) mass is 226 g/mol. The van der Waals surface area contributed by atoms with Gasteiger partial charge in [0.05, 0.1) is 12.1 Å². The lowest BCUT2D eigenvalue weighted by molar-refractivity contribution is 0.136. The molecule has 0 spiro atoms. The van der Waals surface area contributed by atoms with Gasteiger partial charge in [-0.25, -0.2) is 4.79 Å². The van der Waals surface area contributed by atoms with Crippen LogP contribution in [0.15, 0.2) is 15.7 Å². The zero-order chi connectivity index (χ0) is 10.8. The number of aromatic nitrogens is 2. The van der Waals surface area contributed by atoms with Crippen LogP contribution in [0.1, 0.15) is 11.8 Å². The van der Waals surface area contributed by atoms with Crippen LogP contribution in [0.5, 0.6) is 0 Å². The molecule has 0 saturated heterocycles. The molecular weight excluding hydrogens is 216 g/mol. The SMILES string of the molecule is CCOCc1cc2[nH]c(=O)[nH]c(=O)c2s1. The number of H-pyrrole nitrogens is 2. The summed E-state index contributed by atoms with van der Waals surface area (Å²) in [6.07, 6.45) is 0. The zero-order valence-corrected chi connectivity index (χ0v) is 8.94. The maximum atomic E-state index is 11.4. The van der Waals surface area contributed by atoms with Crippen LogP contribution in [0, 0.1) is 0 Å². The van der Waals surface area contributed by atoms with E-state index in [0.717, 1.165) is 4.88 Å². The molecule has 0 bridgehead atoms. The first-order chi connectivity index (χ1) is 7.20. The first-order valence-corrected chi connectivity index (χ1v) is 5.35. The Morgan fingerprint density at radius 3 is 2.93 bits per heavy atom. The van der Waals surface area contributed by atoms with Crippen LogP contribution >= 0.6 is 11.3 Å². The molecule has 5 nitrogen and oxygen atoms in total. The highest BCUT2D eigenvalue weighted by Gasteiger charge is 2.06. The highest BCUT2D eigenvalue weighted by Crippen LogP contribution is 2.20. The van der Waals surface area contributed by atoms with Crippen LogP contribution < -0.4 is 11.2 Å². The number of nitrogens with one attached hydrogen (secondary N) is 2. The van der Waals surface area contributed by atoms with Gasteiger partial charge in [0.25, 0.3) is 5.56 Å². The van der Waals surface area contributed by atoms with Gasteiger partial charge >= 0.3 is 5.69 Å². The van der Waals surface area contributed by atoms with E-state index in [1.165, 1.54) is 11.3 Å². The van der Waals surface area contributed by atoms with Crippen molar-refractivity contribution < 1.29 is 4.74 Å². The molecule has 6 heteroatoms. The Morgan fingerprint density at radius 1 is 1.40 bits per heavy atom. The van der Waals surface area contributed by atoms with E-state index in [9.17, 15) is 9.59 Å². The normalized spacial score (nSPS) is 11.0. The van der Waals surface area contributed by atoms with Gasteiger partial charge in [-0.1, -0.05) is 0 Å². The van der Waals surface area contributed by atoms with E-state index < -0.39 is 5.69 Å². The topological polar surface area (TPSA) is 75.0 Å². The Morgan fingerprint density at radius 2 is 2.20 bits per heavy atom. The van der Waals surface area contributed by atoms with Crippen molar-refractivity contribution in [3.8, 4) is 0 Å². The lowest BCUT2D eigenvalue weighted by atomic mass is 10.4. The van der Waals surface area contributed by atoms with Crippen molar-refractivity contribution in [3.05, 3.63) is 31.8 Å². The van der Waals surface area contributed by atoms with E-state index in [1.54, 1.807) is 6.07 Å². The fourth-order valence-corrected chi connectivity index (χ4v) is 2.24. The predicted molar refractivity (Wildman–Crippen MR) is 58.4 cm³/mol. The van der Waals surface area contributed by atoms with Crippen molar-refractivity contribution in [1.29, 1.82) is 0 Å². The van der Waals surface area contributed by atoms with Gasteiger partial charge in [-0.2, -0.15) is 0 Å². The zero-order valence-electron chi connectivity index (χ0n) is 8.12. The number of hydrogen-bond donors (Lipinski definition) is 2. The second-order valence-corrected chi connectivity index (χ2v) is 4.14. The molecule has 0 amide bonds. The molecule has 2 N–H and O–H groups in total. The molecule has 0 aliphatic heterocycles. The average Bonchev–Trinajstić information content (AvgIpc) is 2.57. The first-order valence-electron chi connectivity index (χ1n) is 4.53. The van der Waals surface area contributed by atoms with Gasteiger partial charge in [0, 0.05) is 11.5 Å². The number of ether oxygens (including phenoxy) is 1. The maximum absolute atomic E-state index is 11.4. The minimum Gasteiger partial charge on any atom is -0.376 e. The van der Waals surface area contributed by atoms with Crippen molar-refractivity contribution in [1.82, 2.24) is 9.97 Å². The summed E-state index contributed by atoms with van der Waals surface area (Å²) in [7, 11) is 0. The van der Waals surface area contributed by atoms with E-state index >= 15 is 0 Å². The third kappa shape index (κ3) is 2.00. The fourth-order valence-electron chi connectivity index (χ4n) is 1.29. The van der Waals surface area contributed by atoms with Gasteiger partial charge in [0.2, 0.25) is 0 Å².